The summed E-state index contributed by atoms with van der Waals surface area (Å²) >= 11 is 1.92. The van der Waals surface area contributed by atoms with Crippen LogP contribution in [-0.4, -0.2) is 12.3 Å². The van der Waals surface area contributed by atoms with Crippen molar-refractivity contribution in [1.29, 1.82) is 0 Å². The van der Waals surface area contributed by atoms with Gasteiger partial charge >= 0.3 is 0 Å². The first kappa shape index (κ1) is 50.0. The van der Waals surface area contributed by atoms with Gasteiger partial charge < -0.3 is 14.7 Å². The minimum Gasteiger partial charge on any atom is -0.334 e. The fraction of sp³-hybridized carbons (Fsp3) is 0.333. The largest absolute Gasteiger partial charge is 0.334 e. The van der Waals surface area contributed by atoms with E-state index < -0.39 is 0 Å². The predicted octanol–water partition coefficient (Wildman–Crippen LogP) is 18.7. The molecule has 0 bridgehead atoms. The van der Waals surface area contributed by atoms with Gasteiger partial charge in [-0.05, 0) is 157 Å². The van der Waals surface area contributed by atoms with Gasteiger partial charge in [0.25, 0.3) is 6.71 Å². The van der Waals surface area contributed by atoms with Gasteiger partial charge in [-0.15, -0.1) is 11.3 Å². The average molecular weight is 1030 g/mol. The van der Waals surface area contributed by atoms with E-state index in [-0.39, 0.29) is 39.3 Å². The minimum absolute atomic E-state index is 0.0165. The number of rotatable bonds is 4. The maximum Gasteiger partial charge on any atom is 0.252 e. The lowest BCUT2D eigenvalue weighted by Crippen LogP contribution is -2.61. The van der Waals surface area contributed by atoms with Gasteiger partial charge in [-0.3, -0.25) is 0 Å². The molecule has 5 heteroatoms. The van der Waals surface area contributed by atoms with Crippen LogP contribution in [0.4, 0.5) is 45.5 Å². The smallest absolute Gasteiger partial charge is 0.252 e. The van der Waals surface area contributed by atoms with Crippen molar-refractivity contribution < 1.29 is 0 Å². The number of hydrogen-bond donors (Lipinski definition) is 0. The normalized spacial score (nSPS) is 19.1. The van der Waals surface area contributed by atoms with Crippen molar-refractivity contribution in [2.24, 2.45) is 0 Å². The molecule has 1 saturated carbocycles. The predicted molar refractivity (Wildman–Crippen MR) is 336 cm³/mol. The van der Waals surface area contributed by atoms with Gasteiger partial charge in [-0.1, -0.05) is 200 Å². The van der Waals surface area contributed by atoms with Crippen molar-refractivity contribution in [1.82, 2.24) is 0 Å². The summed E-state index contributed by atoms with van der Waals surface area (Å²) < 4.78 is 2.64. The molecule has 388 valence electrons. The number of thiophene rings is 1. The Morgan fingerprint density at radius 1 is 0.429 bits per heavy atom. The van der Waals surface area contributed by atoms with E-state index in [9.17, 15) is 0 Å². The molecule has 0 radical (unpaired) electrons. The first-order chi connectivity index (χ1) is 36.4. The third-order valence-corrected chi connectivity index (χ3v) is 20.0. The fourth-order valence-electron chi connectivity index (χ4n) is 14.1. The molecule has 0 amide bonds. The molecule has 0 N–H and O–H groups in total. The Labute approximate surface area is 464 Å². The second-order valence-electron chi connectivity index (χ2n) is 27.8. The van der Waals surface area contributed by atoms with Gasteiger partial charge in [0.15, 0.2) is 0 Å². The molecule has 3 nitrogen and oxygen atoms in total. The first-order valence-corrected chi connectivity index (χ1v) is 29.4. The molecule has 1 aliphatic carbocycles. The van der Waals surface area contributed by atoms with Crippen molar-refractivity contribution in [3.63, 3.8) is 0 Å². The summed E-state index contributed by atoms with van der Waals surface area (Å²) in [5.41, 5.74) is 23.2. The lowest BCUT2D eigenvalue weighted by molar-refractivity contribution is 0.195. The van der Waals surface area contributed by atoms with Crippen LogP contribution in [0.25, 0.3) is 31.3 Å². The summed E-state index contributed by atoms with van der Waals surface area (Å²) in [4.78, 5) is 8.20. The van der Waals surface area contributed by atoms with Gasteiger partial charge in [-0.25, -0.2) is 0 Å². The highest BCUT2D eigenvalue weighted by Gasteiger charge is 2.58. The number of fused-ring (bicyclic) bond motifs is 10. The Hall–Kier alpha value is -6.56. The third kappa shape index (κ3) is 7.63. The molecule has 0 saturated heterocycles. The Morgan fingerprint density at radius 2 is 0.987 bits per heavy atom. The zero-order valence-electron chi connectivity index (χ0n) is 48.2. The quantitative estimate of drug-likeness (QED) is 0.163. The summed E-state index contributed by atoms with van der Waals surface area (Å²) in [6.45, 7) is 33.4. The van der Waals surface area contributed by atoms with Crippen LogP contribution in [0.5, 0.6) is 0 Å². The van der Waals surface area contributed by atoms with Crippen LogP contribution < -0.4 is 31.1 Å². The molecule has 4 aliphatic rings. The van der Waals surface area contributed by atoms with Crippen molar-refractivity contribution in [2.45, 2.75) is 155 Å². The van der Waals surface area contributed by atoms with Gasteiger partial charge in [0.05, 0.1) is 11.2 Å². The van der Waals surface area contributed by atoms with Gasteiger partial charge in [0.2, 0.25) is 0 Å². The topological polar surface area (TPSA) is 9.72 Å². The van der Waals surface area contributed by atoms with E-state index in [1.807, 2.05) is 11.3 Å². The number of hydrogen-bond acceptors (Lipinski definition) is 4. The molecule has 0 spiro atoms. The molecule has 9 aromatic rings. The molecule has 13 rings (SSSR count). The Balaban J connectivity index is 1.20. The van der Waals surface area contributed by atoms with Crippen LogP contribution in [0.1, 0.15) is 150 Å². The van der Waals surface area contributed by atoms with Crippen molar-refractivity contribution in [2.75, 3.05) is 14.7 Å². The maximum absolute atomic E-state index is 2.84. The number of nitrogens with zero attached hydrogens (tertiary/aromatic N) is 3. The molecular weight excluding hydrogens is 950 g/mol. The monoisotopic (exact) mass is 1030 g/mol. The molecule has 2 atom stereocenters. The summed E-state index contributed by atoms with van der Waals surface area (Å²) in [6, 6.07) is 62.6. The van der Waals surface area contributed by atoms with Gasteiger partial charge in [0, 0.05) is 65.6 Å². The van der Waals surface area contributed by atoms with Crippen molar-refractivity contribution in [3.8, 4) is 11.1 Å². The maximum atomic E-state index is 2.84. The van der Waals surface area contributed by atoms with E-state index in [1.165, 1.54) is 140 Å². The summed E-state index contributed by atoms with van der Waals surface area (Å²) in [6.07, 6.45) is 4.74. The molecule has 4 heterocycles. The van der Waals surface area contributed by atoms with Crippen molar-refractivity contribution >= 4 is 100 Å². The molecular formula is C72H76BN3S. The molecule has 1 aromatic heterocycles. The summed E-state index contributed by atoms with van der Waals surface area (Å²) in [7, 11) is 0. The molecule has 8 aromatic carbocycles. The van der Waals surface area contributed by atoms with E-state index in [0.717, 1.165) is 6.42 Å². The second kappa shape index (κ2) is 17.0. The second-order valence-corrected chi connectivity index (χ2v) is 28.9. The highest BCUT2D eigenvalue weighted by Crippen LogP contribution is 2.62. The van der Waals surface area contributed by atoms with E-state index >= 15 is 0 Å². The van der Waals surface area contributed by atoms with Gasteiger partial charge in [0.1, 0.15) is 0 Å². The molecule has 77 heavy (non-hydrogen) atoms. The lowest BCUT2D eigenvalue weighted by atomic mass is 9.33. The van der Waals surface area contributed by atoms with E-state index in [1.54, 1.807) is 0 Å². The number of benzene rings is 8. The van der Waals surface area contributed by atoms with E-state index in [0.29, 0.717) is 0 Å². The molecule has 1 fully saturated rings. The van der Waals surface area contributed by atoms with Crippen LogP contribution >= 0.6 is 11.3 Å². The van der Waals surface area contributed by atoms with Crippen LogP contribution in [-0.2, 0) is 27.1 Å². The highest BCUT2D eigenvalue weighted by atomic mass is 32.1. The van der Waals surface area contributed by atoms with E-state index in [2.05, 4.69) is 269 Å². The van der Waals surface area contributed by atoms with Crippen molar-refractivity contribution in [3.05, 3.63) is 186 Å². The van der Waals surface area contributed by atoms with Crippen LogP contribution in [0.2, 0.25) is 0 Å². The Kier molecular flexibility index (Phi) is 11.0. The third-order valence-electron chi connectivity index (χ3n) is 18.8. The van der Waals surface area contributed by atoms with Crippen LogP contribution in [0, 0.1) is 0 Å². The first-order valence-electron chi connectivity index (χ1n) is 28.6. The van der Waals surface area contributed by atoms with Crippen LogP contribution in [0.15, 0.2) is 158 Å². The van der Waals surface area contributed by atoms with E-state index in [4.69, 9.17) is 0 Å². The Morgan fingerprint density at radius 3 is 1.66 bits per heavy atom. The lowest BCUT2D eigenvalue weighted by Gasteiger charge is -2.51. The average Bonchev–Trinajstić information content (AvgIpc) is 3.95. The van der Waals surface area contributed by atoms with Crippen LogP contribution in [0.3, 0.4) is 0 Å². The van der Waals surface area contributed by atoms with Gasteiger partial charge in [-0.2, -0.15) is 0 Å². The Bertz CT molecular complexity index is 3860. The highest BCUT2D eigenvalue weighted by molar-refractivity contribution is 7.26. The number of anilines is 8. The minimum atomic E-state index is -0.165. The molecule has 3 aliphatic heterocycles. The standard InChI is InChI=1S/C72H76BN3S/c1-67(2,3)46-26-31-50(32-27-46)74-60-35-30-49(70(10,11)12)40-56(60)73-57-43-54-52-24-18-19-25-64(52)77-65(54)44-61(57)75(58-33-28-47(68(4,5)6)38-53(58)45-22-16-15-17-23-45)63-42-51(41-62(74)66(63)73)76-59-34-29-48(69(7,8)9)39-55(59)71(13)36-20-21-37-72(71,76)14/h15-19,22-35,38-44H,20-21,36-37H2,1-14H3. The molecule has 2 unspecified atom stereocenters. The zero-order valence-corrected chi connectivity index (χ0v) is 49.0. The zero-order chi connectivity index (χ0) is 53.9. The fourth-order valence-corrected chi connectivity index (χ4v) is 15.2. The summed E-state index contributed by atoms with van der Waals surface area (Å²) in [5, 5.41) is 2.66. The summed E-state index contributed by atoms with van der Waals surface area (Å²) in [5.74, 6) is 0. The SMILES string of the molecule is CC(C)(C)c1ccc(N2c3ccc(C(C)(C)C)cc3B3c4cc5c(cc4N(c4ccc(C(C)(C)C)cc4-c4ccccc4)c4cc(N6c7ccc(C(C)(C)C)cc7C7(C)CCCCC67C)cc2c43)sc2ccccc25)cc1.